The lowest BCUT2D eigenvalue weighted by molar-refractivity contribution is 0.0577. The maximum Gasteiger partial charge on any atom is 0.161 e. The molecular weight excluding hydrogens is 254 g/mol. The zero-order valence-corrected chi connectivity index (χ0v) is 12.3. The van der Waals surface area contributed by atoms with E-state index in [2.05, 4.69) is 11.8 Å². The number of aliphatic hydroxyl groups excluding tert-OH is 1. The molecule has 0 saturated carbocycles. The van der Waals surface area contributed by atoms with Crippen molar-refractivity contribution in [3.8, 4) is 11.5 Å². The van der Waals surface area contributed by atoms with Crippen molar-refractivity contribution in [3.63, 3.8) is 0 Å². The van der Waals surface area contributed by atoms with Gasteiger partial charge in [-0.1, -0.05) is 19.1 Å². The van der Waals surface area contributed by atoms with E-state index >= 15 is 0 Å². The highest BCUT2D eigenvalue weighted by atomic mass is 16.6. The lowest BCUT2D eigenvalue weighted by Crippen LogP contribution is -2.41. The molecule has 4 nitrogen and oxygen atoms in total. The monoisotopic (exact) mass is 279 g/mol. The van der Waals surface area contributed by atoms with Crippen molar-refractivity contribution in [2.24, 2.45) is 0 Å². The topological polar surface area (TPSA) is 41.9 Å². The minimum Gasteiger partial charge on any atom is -0.486 e. The highest BCUT2D eigenvalue weighted by molar-refractivity contribution is 5.40. The van der Waals surface area contributed by atoms with Gasteiger partial charge in [0.05, 0.1) is 0 Å². The second-order valence-corrected chi connectivity index (χ2v) is 5.23. The summed E-state index contributed by atoms with van der Waals surface area (Å²) in [6, 6.07) is 7.82. The first kappa shape index (κ1) is 15.1. The molecule has 4 heteroatoms. The van der Waals surface area contributed by atoms with E-state index in [-0.39, 0.29) is 12.7 Å². The fourth-order valence-corrected chi connectivity index (χ4v) is 2.50. The fraction of sp³-hybridized carbons (Fsp3) is 0.625. The first-order chi connectivity index (χ1) is 9.83. The van der Waals surface area contributed by atoms with Crippen LogP contribution in [0.1, 0.15) is 26.2 Å². The molecule has 1 aromatic carbocycles. The van der Waals surface area contributed by atoms with Gasteiger partial charge in [-0.2, -0.15) is 0 Å². The van der Waals surface area contributed by atoms with Gasteiger partial charge in [0.25, 0.3) is 0 Å². The van der Waals surface area contributed by atoms with Crippen molar-refractivity contribution in [3.05, 3.63) is 24.3 Å². The maximum atomic E-state index is 8.88. The summed E-state index contributed by atoms with van der Waals surface area (Å²) in [6.45, 7) is 6.02. The molecule has 0 spiro atoms. The molecule has 0 amide bonds. The van der Waals surface area contributed by atoms with Crippen molar-refractivity contribution >= 4 is 0 Å². The number of para-hydroxylation sites is 2. The molecule has 1 aliphatic heterocycles. The van der Waals surface area contributed by atoms with Gasteiger partial charge in [-0.05, 0) is 44.5 Å². The lowest BCUT2D eigenvalue weighted by Gasteiger charge is -2.31. The van der Waals surface area contributed by atoms with Crippen LogP contribution in [0.25, 0.3) is 0 Å². The van der Waals surface area contributed by atoms with Gasteiger partial charge >= 0.3 is 0 Å². The van der Waals surface area contributed by atoms with E-state index < -0.39 is 0 Å². The molecule has 2 rings (SSSR count). The number of rotatable bonds is 8. The Morgan fingerprint density at radius 3 is 2.75 bits per heavy atom. The average Bonchev–Trinajstić information content (AvgIpc) is 2.47. The van der Waals surface area contributed by atoms with Crippen LogP contribution in [-0.4, -0.2) is 49.0 Å². The predicted octanol–water partition coefficient (Wildman–Crippen LogP) is 2.31. The van der Waals surface area contributed by atoms with Gasteiger partial charge in [-0.25, -0.2) is 0 Å². The van der Waals surface area contributed by atoms with Crippen LogP contribution in [-0.2, 0) is 0 Å². The van der Waals surface area contributed by atoms with Gasteiger partial charge in [0.2, 0.25) is 0 Å². The van der Waals surface area contributed by atoms with Crippen LogP contribution in [0.15, 0.2) is 24.3 Å². The van der Waals surface area contributed by atoms with Crippen LogP contribution in [0.3, 0.4) is 0 Å². The highest BCUT2D eigenvalue weighted by Gasteiger charge is 2.22. The zero-order valence-electron chi connectivity index (χ0n) is 12.3. The number of fused-ring (bicyclic) bond motifs is 1. The number of aliphatic hydroxyl groups is 1. The Morgan fingerprint density at radius 2 is 2.00 bits per heavy atom. The van der Waals surface area contributed by atoms with Gasteiger partial charge in [0.1, 0.15) is 12.7 Å². The molecule has 1 aliphatic rings. The molecule has 0 aromatic heterocycles. The third kappa shape index (κ3) is 4.39. The number of nitrogens with zero attached hydrogens (tertiary/aromatic N) is 1. The quantitative estimate of drug-likeness (QED) is 0.742. The normalized spacial score (nSPS) is 17.4. The molecule has 1 unspecified atom stereocenters. The molecule has 0 aliphatic carbocycles. The van der Waals surface area contributed by atoms with E-state index in [1.807, 2.05) is 24.3 Å². The number of benzene rings is 1. The summed E-state index contributed by atoms with van der Waals surface area (Å²) in [5, 5.41) is 8.88. The van der Waals surface area contributed by atoms with Crippen LogP contribution in [0, 0.1) is 0 Å². The Hall–Kier alpha value is -1.26. The number of unbranched alkanes of at least 4 members (excludes halogenated alkanes) is 1. The Labute approximate surface area is 121 Å². The first-order valence-corrected chi connectivity index (χ1v) is 7.55. The van der Waals surface area contributed by atoms with Crippen LogP contribution in [0.4, 0.5) is 0 Å². The largest absolute Gasteiger partial charge is 0.486 e. The number of hydrogen-bond donors (Lipinski definition) is 1. The van der Waals surface area contributed by atoms with Crippen molar-refractivity contribution in [2.75, 3.05) is 32.8 Å². The summed E-state index contributed by atoms with van der Waals surface area (Å²) >= 11 is 0. The molecule has 1 N–H and O–H groups in total. The molecule has 112 valence electrons. The maximum absolute atomic E-state index is 8.88. The van der Waals surface area contributed by atoms with Crippen LogP contribution < -0.4 is 9.47 Å². The van der Waals surface area contributed by atoms with E-state index in [1.54, 1.807) is 0 Å². The molecule has 0 radical (unpaired) electrons. The van der Waals surface area contributed by atoms with Gasteiger partial charge in [-0.3, -0.25) is 4.90 Å². The summed E-state index contributed by atoms with van der Waals surface area (Å²) < 4.78 is 11.7. The Bertz CT molecular complexity index is 397. The SMILES string of the molecule is CCCN(CCCCO)CC1COc2ccccc2O1. The van der Waals surface area contributed by atoms with E-state index in [0.717, 1.165) is 50.4 Å². The summed E-state index contributed by atoms with van der Waals surface area (Å²) in [5.74, 6) is 1.68. The first-order valence-electron chi connectivity index (χ1n) is 7.55. The van der Waals surface area contributed by atoms with Gasteiger partial charge in [0, 0.05) is 13.2 Å². The predicted molar refractivity (Wildman–Crippen MR) is 79.4 cm³/mol. The summed E-state index contributed by atoms with van der Waals surface area (Å²) in [6.07, 6.45) is 3.11. The van der Waals surface area contributed by atoms with Crippen molar-refractivity contribution in [1.29, 1.82) is 0 Å². The molecule has 0 fully saturated rings. The molecule has 0 saturated heterocycles. The van der Waals surface area contributed by atoms with Gasteiger partial charge < -0.3 is 14.6 Å². The Balaban J connectivity index is 1.85. The lowest BCUT2D eigenvalue weighted by atomic mass is 10.2. The standard InChI is InChI=1S/C16H25NO3/c1-2-9-17(10-5-6-11-18)12-14-13-19-15-7-3-4-8-16(15)20-14/h3-4,7-8,14,18H,2,5-6,9-13H2,1H3. The van der Waals surface area contributed by atoms with Crippen molar-refractivity contribution < 1.29 is 14.6 Å². The van der Waals surface area contributed by atoms with Gasteiger partial charge in [0.15, 0.2) is 11.5 Å². The summed E-state index contributed by atoms with van der Waals surface area (Å²) in [7, 11) is 0. The summed E-state index contributed by atoms with van der Waals surface area (Å²) in [4.78, 5) is 2.40. The van der Waals surface area contributed by atoms with Crippen LogP contribution in [0.5, 0.6) is 11.5 Å². The Kier molecular flexibility index (Phi) is 6.15. The number of hydrogen-bond acceptors (Lipinski definition) is 4. The third-order valence-electron chi connectivity index (χ3n) is 3.45. The van der Waals surface area contributed by atoms with E-state index in [0.29, 0.717) is 6.61 Å². The second kappa shape index (κ2) is 8.12. The average molecular weight is 279 g/mol. The molecule has 1 aromatic rings. The zero-order chi connectivity index (χ0) is 14.2. The molecule has 1 atom stereocenters. The van der Waals surface area contributed by atoms with E-state index in [9.17, 15) is 0 Å². The molecule has 0 bridgehead atoms. The smallest absolute Gasteiger partial charge is 0.161 e. The van der Waals surface area contributed by atoms with Gasteiger partial charge in [-0.15, -0.1) is 0 Å². The van der Waals surface area contributed by atoms with Crippen LogP contribution >= 0.6 is 0 Å². The Morgan fingerprint density at radius 1 is 1.20 bits per heavy atom. The second-order valence-electron chi connectivity index (χ2n) is 5.23. The fourth-order valence-electron chi connectivity index (χ4n) is 2.50. The van der Waals surface area contributed by atoms with Crippen molar-refractivity contribution in [1.82, 2.24) is 4.90 Å². The van der Waals surface area contributed by atoms with E-state index in [1.165, 1.54) is 0 Å². The molecular formula is C16H25NO3. The third-order valence-corrected chi connectivity index (χ3v) is 3.45. The minimum absolute atomic E-state index is 0.0885. The highest BCUT2D eigenvalue weighted by Crippen LogP contribution is 2.31. The van der Waals surface area contributed by atoms with E-state index in [4.69, 9.17) is 14.6 Å². The number of ether oxygens (including phenoxy) is 2. The van der Waals surface area contributed by atoms with Crippen LogP contribution in [0.2, 0.25) is 0 Å². The molecule has 1 heterocycles. The summed E-state index contributed by atoms with van der Waals surface area (Å²) in [5.41, 5.74) is 0. The minimum atomic E-state index is 0.0885. The molecule has 20 heavy (non-hydrogen) atoms. The van der Waals surface area contributed by atoms with Crippen molar-refractivity contribution in [2.45, 2.75) is 32.3 Å².